The van der Waals surface area contributed by atoms with Gasteiger partial charge in [0.15, 0.2) is 0 Å². The first-order chi connectivity index (χ1) is 14.5. The monoisotopic (exact) mass is 628 g/mol. The first-order valence-corrected chi connectivity index (χ1v) is 32.3. The fourth-order valence-electron chi connectivity index (χ4n) is 4.31. The standard InChI is InChI=1S/C10H36O12Si10/c1-23-11-26(4)14-29(7)16-27(5,12-24-2)18-31(9)19-28(6,13-25-3)17-30(8,15-26)21-32(10,20-29)22-31/h23-25H2,1-10H3. The van der Waals surface area contributed by atoms with Crippen LogP contribution in [0, 0.1) is 0 Å². The summed E-state index contributed by atoms with van der Waals surface area (Å²) >= 11 is 0. The summed E-state index contributed by atoms with van der Waals surface area (Å²) < 4.78 is 77.3. The molecule has 3 aliphatic heterocycles. The molecule has 3 saturated heterocycles. The van der Waals surface area contributed by atoms with Crippen LogP contribution in [-0.4, -0.2) is 90.9 Å². The van der Waals surface area contributed by atoms with Crippen LogP contribution in [0.3, 0.4) is 0 Å². The van der Waals surface area contributed by atoms with Gasteiger partial charge in [0, 0.05) is 45.8 Å². The fraction of sp³-hybridized carbons (Fsp3) is 1.00. The molecule has 12 nitrogen and oxygen atoms in total. The maximum absolute atomic E-state index is 6.55. The highest BCUT2D eigenvalue weighted by Gasteiger charge is 2.72. The highest BCUT2D eigenvalue weighted by Crippen LogP contribution is 2.42. The largest absolute Gasteiger partial charge is 0.475 e. The molecular formula is C10H36O12Si10. The SMILES string of the molecule is C[SiH2]O[Si]1(C)O[Si]2(C)O[Si](C)(O[SiH2]C)O[Si]3(C)O[Si](C)(O[SiH2]C)O[Si](C)(O1)O[Si](C)(O2)O3. The second-order valence-corrected chi connectivity index (χ2v) is 32.9. The van der Waals surface area contributed by atoms with E-state index in [-0.39, 0.29) is 0 Å². The van der Waals surface area contributed by atoms with E-state index < -0.39 is 90.9 Å². The molecular weight excluding hydrogens is 593 g/mol. The summed E-state index contributed by atoms with van der Waals surface area (Å²) in [5, 5.41) is 0. The van der Waals surface area contributed by atoms with Gasteiger partial charge in [-0.25, -0.2) is 0 Å². The maximum atomic E-state index is 6.55. The van der Waals surface area contributed by atoms with Crippen molar-refractivity contribution in [2.45, 2.75) is 65.5 Å². The molecule has 0 spiro atoms. The molecule has 22 heteroatoms. The van der Waals surface area contributed by atoms with Crippen LogP contribution in [0.25, 0.3) is 0 Å². The van der Waals surface area contributed by atoms with Crippen molar-refractivity contribution < 1.29 is 49.4 Å². The number of rotatable bonds is 6. The van der Waals surface area contributed by atoms with Gasteiger partial charge in [-0.05, 0) is 0 Å². The molecule has 3 heterocycles. The molecule has 0 aromatic rings. The van der Waals surface area contributed by atoms with Gasteiger partial charge in [0.05, 0.1) is 0 Å². The third-order valence-electron chi connectivity index (χ3n) is 4.56. The first-order valence-electron chi connectivity index (χ1n) is 10.8. The Morgan fingerprint density at radius 1 is 0.375 bits per heavy atom. The topological polar surface area (TPSA) is 111 Å². The van der Waals surface area contributed by atoms with E-state index in [0.717, 1.165) is 0 Å². The van der Waals surface area contributed by atoms with Gasteiger partial charge in [-0.15, -0.1) is 0 Å². The number of hydrogen-bond acceptors (Lipinski definition) is 12. The van der Waals surface area contributed by atoms with Crippen molar-refractivity contribution in [3.05, 3.63) is 0 Å². The van der Waals surface area contributed by atoms with E-state index in [9.17, 15) is 0 Å². The Balaban J connectivity index is 2.19. The molecule has 0 atom stereocenters. The Kier molecular flexibility index (Phi) is 8.42. The predicted octanol–water partition coefficient (Wildman–Crippen LogP) is -0.397. The maximum Gasteiger partial charge on any atom is 0.475 e. The molecule has 3 fully saturated rings. The van der Waals surface area contributed by atoms with Gasteiger partial charge in [0.2, 0.25) is 0 Å². The summed E-state index contributed by atoms with van der Waals surface area (Å²) in [5.41, 5.74) is 0. The molecule has 0 N–H and O–H groups in total. The van der Waals surface area contributed by atoms with E-state index in [2.05, 4.69) is 0 Å². The van der Waals surface area contributed by atoms with Crippen molar-refractivity contribution in [3.63, 3.8) is 0 Å². The average Bonchev–Trinajstić information content (AvgIpc) is 2.47. The lowest BCUT2D eigenvalue weighted by Crippen LogP contribution is -2.80. The molecule has 0 radical (unpaired) electrons. The molecule has 0 aromatic carbocycles. The van der Waals surface area contributed by atoms with Gasteiger partial charge >= 0.3 is 61.6 Å². The quantitative estimate of drug-likeness (QED) is 0.357. The van der Waals surface area contributed by atoms with Crippen molar-refractivity contribution >= 4 is 90.9 Å². The van der Waals surface area contributed by atoms with Gasteiger partial charge in [-0.3, -0.25) is 0 Å². The first kappa shape index (κ1) is 28.3. The van der Waals surface area contributed by atoms with E-state index in [4.69, 9.17) is 49.4 Å². The molecule has 32 heavy (non-hydrogen) atoms. The van der Waals surface area contributed by atoms with Gasteiger partial charge in [-0.2, -0.15) is 0 Å². The third-order valence-corrected chi connectivity index (χ3v) is 41.0. The van der Waals surface area contributed by atoms with Crippen molar-refractivity contribution in [2.24, 2.45) is 0 Å². The molecule has 0 aromatic heterocycles. The van der Waals surface area contributed by atoms with E-state index in [1.165, 1.54) is 0 Å². The molecule has 3 rings (SSSR count). The Bertz CT molecular complexity index is 595. The summed E-state index contributed by atoms with van der Waals surface area (Å²) in [4.78, 5) is 0. The second kappa shape index (κ2) is 9.53. The van der Waals surface area contributed by atoms with Crippen LogP contribution in [0.15, 0.2) is 0 Å². The summed E-state index contributed by atoms with van der Waals surface area (Å²) in [6.45, 7) is 18.7. The highest BCUT2D eigenvalue weighted by molar-refractivity contribution is 6.98. The van der Waals surface area contributed by atoms with E-state index >= 15 is 0 Å². The van der Waals surface area contributed by atoms with Gasteiger partial charge < -0.3 is 49.4 Å². The Hall–Kier alpha value is 1.69. The second-order valence-electron chi connectivity index (χ2n) is 8.25. The Morgan fingerprint density at radius 3 is 0.750 bits per heavy atom. The summed E-state index contributed by atoms with van der Waals surface area (Å²) in [7, 11) is -26.3. The normalized spacial score (nSPS) is 53.1. The number of fused-ring (bicyclic) bond motifs is 3. The van der Waals surface area contributed by atoms with E-state index in [1.54, 1.807) is 26.2 Å². The minimum absolute atomic E-state index is 0.901. The molecule has 0 unspecified atom stereocenters. The molecule has 188 valence electrons. The van der Waals surface area contributed by atoms with Gasteiger partial charge in [-0.1, -0.05) is 19.6 Å². The van der Waals surface area contributed by atoms with Crippen LogP contribution in [-0.2, 0) is 49.4 Å². The van der Waals surface area contributed by atoms with E-state index in [0.29, 0.717) is 0 Å². The average molecular weight is 629 g/mol. The zero-order valence-corrected chi connectivity index (χ0v) is 31.8. The lowest BCUT2D eigenvalue weighted by atomic mass is 11.9. The molecule has 0 aliphatic carbocycles. The van der Waals surface area contributed by atoms with Crippen molar-refractivity contribution in [1.82, 2.24) is 0 Å². The minimum Gasteiger partial charge on any atom is -0.423 e. The van der Waals surface area contributed by atoms with Crippen molar-refractivity contribution in [3.8, 4) is 0 Å². The van der Waals surface area contributed by atoms with Gasteiger partial charge in [0.25, 0.3) is 0 Å². The smallest absolute Gasteiger partial charge is 0.423 e. The lowest BCUT2D eigenvalue weighted by Gasteiger charge is -2.55. The van der Waals surface area contributed by atoms with Crippen LogP contribution in [0.1, 0.15) is 0 Å². The van der Waals surface area contributed by atoms with Gasteiger partial charge in [0.1, 0.15) is 29.3 Å². The lowest BCUT2D eigenvalue weighted by molar-refractivity contribution is 0.0261. The third kappa shape index (κ3) is 6.51. The van der Waals surface area contributed by atoms with Crippen LogP contribution < -0.4 is 0 Å². The molecule has 3 aliphatic rings. The summed E-state index contributed by atoms with van der Waals surface area (Å²) in [5.74, 6) is 0. The Morgan fingerprint density at radius 2 is 0.562 bits per heavy atom. The zero-order chi connectivity index (χ0) is 24.1. The summed E-state index contributed by atoms with van der Waals surface area (Å²) in [6, 6.07) is 0. The highest BCUT2D eigenvalue weighted by atomic mass is 28.6. The molecule has 4 bridgehead atoms. The Labute approximate surface area is 205 Å². The summed E-state index contributed by atoms with van der Waals surface area (Å²) in [6.07, 6.45) is 0. The van der Waals surface area contributed by atoms with E-state index in [1.807, 2.05) is 39.3 Å². The molecule has 0 amide bonds. The van der Waals surface area contributed by atoms with Crippen LogP contribution in [0.4, 0.5) is 0 Å². The van der Waals surface area contributed by atoms with Crippen LogP contribution in [0.5, 0.6) is 0 Å². The fourth-order valence-corrected chi connectivity index (χ4v) is 47.6. The van der Waals surface area contributed by atoms with Crippen molar-refractivity contribution in [1.29, 1.82) is 0 Å². The van der Waals surface area contributed by atoms with Crippen LogP contribution >= 0.6 is 0 Å². The van der Waals surface area contributed by atoms with Crippen LogP contribution in [0.2, 0.25) is 65.5 Å². The minimum atomic E-state index is -3.45. The zero-order valence-electron chi connectivity index (χ0n) is 20.5. The van der Waals surface area contributed by atoms with Crippen molar-refractivity contribution in [2.75, 3.05) is 0 Å². The molecule has 0 saturated carbocycles. The number of hydrogen-bond donors (Lipinski definition) is 0. The predicted molar refractivity (Wildman–Crippen MR) is 138 cm³/mol.